The summed E-state index contributed by atoms with van der Waals surface area (Å²) in [6, 6.07) is 0. The van der Waals surface area contributed by atoms with Gasteiger partial charge in [-0.15, -0.1) is 0 Å². The van der Waals surface area contributed by atoms with Crippen molar-refractivity contribution in [2.24, 2.45) is 52.8 Å². The molecule has 4 saturated carbocycles. The summed E-state index contributed by atoms with van der Waals surface area (Å²) in [5.74, 6) is 8.51. The van der Waals surface area contributed by atoms with Crippen molar-refractivity contribution in [3.63, 3.8) is 0 Å². The minimum Gasteiger partial charge on any atom is -0.0625 e. The van der Waals surface area contributed by atoms with Gasteiger partial charge in [0.2, 0.25) is 0 Å². The molecule has 0 aromatic carbocycles. The Hall–Kier alpha value is 0. The highest BCUT2D eigenvalue weighted by Crippen LogP contribution is 2.59. The highest BCUT2D eigenvalue weighted by molar-refractivity contribution is 4.99. The van der Waals surface area contributed by atoms with Crippen molar-refractivity contribution in [3.8, 4) is 0 Å². The van der Waals surface area contributed by atoms with E-state index in [2.05, 4.69) is 27.7 Å². The van der Waals surface area contributed by atoms with E-state index < -0.39 is 0 Å². The molecule has 4 aliphatic carbocycles. The Labute approximate surface area is 151 Å². The molecule has 0 saturated heterocycles. The van der Waals surface area contributed by atoms with Crippen LogP contribution in [0.2, 0.25) is 0 Å². The summed E-state index contributed by atoms with van der Waals surface area (Å²) in [7, 11) is 0. The molecule has 138 valence electrons. The van der Waals surface area contributed by atoms with E-state index in [0.29, 0.717) is 5.41 Å². The van der Waals surface area contributed by atoms with Gasteiger partial charge in [-0.2, -0.15) is 0 Å². The molecule has 0 aromatic rings. The lowest BCUT2D eigenvalue weighted by Gasteiger charge is -2.46. The van der Waals surface area contributed by atoms with Crippen LogP contribution in [0.1, 0.15) is 98.3 Å². The first-order valence-electron chi connectivity index (χ1n) is 11.4. The van der Waals surface area contributed by atoms with Gasteiger partial charge in [0.15, 0.2) is 0 Å². The van der Waals surface area contributed by atoms with E-state index in [1.54, 1.807) is 51.4 Å². The first kappa shape index (κ1) is 17.4. The van der Waals surface area contributed by atoms with Crippen LogP contribution >= 0.6 is 0 Å². The van der Waals surface area contributed by atoms with Crippen LogP contribution in [0, 0.1) is 52.8 Å². The lowest BCUT2D eigenvalue weighted by Crippen LogP contribution is -2.36. The average Bonchev–Trinajstić information content (AvgIpc) is 3.03. The maximum absolute atomic E-state index is 2.63. The minimum absolute atomic E-state index is 0.590. The first-order valence-corrected chi connectivity index (χ1v) is 11.4. The Bertz CT molecular complexity index is 411. The van der Waals surface area contributed by atoms with Crippen LogP contribution in [0.4, 0.5) is 0 Å². The summed E-state index contributed by atoms with van der Waals surface area (Å²) >= 11 is 0. The molecule has 4 unspecified atom stereocenters. The fraction of sp³-hybridized carbons (Fsp3) is 1.00. The van der Waals surface area contributed by atoms with E-state index in [4.69, 9.17) is 0 Å². The Kier molecular flexibility index (Phi) is 4.81. The monoisotopic (exact) mass is 330 g/mol. The van der Waals surface area contributed by atoms with Crippen LogP contribution in [0.15, 0.2) is 0 Å². The third-order valence-electron chi connectivity index (χ3n) is 9.00. The Morgan fingerprint density at radius 2 is 1.42 bits per heavy atom. The molecule has 0 spiro atoms. The fourth-order valence-electron chi connectivity index (χ4n) is 8.38. The van der Waals surface area contributed by atoms with E-state index in [-0.39, 0.29) is 0 Å². The zero-order chi connectivity index (χ0) is 16.9. The number of rotatable bonds is 5. The lowest BCUT2D eigenvalue weighted by atomic mass is 9.59. The molecule has 4 fully saturated rings. The Balaban J connectivity index is 1.39. The van der Waals surface area contributed by atoms with Gasteiger partial charge in [0, 0.05) is 0 Å². The Morgan fingerprint density at radius 1 is 0.792 bits per heavy atom. The smallest absolute Gasteiger partial charge is 0.0332 e. The fourth-order valence-corrected chi connectivity index (χ4v) is 8.38. The SMILES string of the molecule is CC(C)C1C2CCC1C(CC(C)(C)CC1C3CCCC1CCC3)C2. The van der Waals surface area contributed by atoms with Crippen LogP contribution in [-0.2, 0) is 0 Å². The average molecular weight is 331 g/mol. The quantitative estimate of drug-likeness (QED) is 0.495. The van der Waals surface area contributed by atoms with Crippen LogP contribution < -0.4 is 0 Å². The van der Waals surface area contributed by atoms with Crippen molar-refractivity contribution in [1.82, 2.24) is 0 Å². The number of hydrogen-bond donors (Lipinski definition) is 0. The van der Waals surface area contributed by atoms with E-state index in [0.717, 1.165) is 47.3 Å². The summed E-state index contributed by atoms with van der Waals surface area (Å²) < 4.78 is 0. The first-order chi connectivity index (χ1) is 11.4. The van der Waals surface area contributed by atoms with Gasteiger partial charge in [-0.3, -0.25) is 0 Å². The van der Waals surface area contributed by atoms with Gasteiger partial charge in [-0.1, -0.05) is 66.2 Å². The third kappa shape index (κ3) is 3.21. The van der Waals surface area contributed by atoms with E-state index in [9.17, 15) is 0 Å². The number of hydrogen-bond acceptors (Lipinski definition) is 0. The predicted octanol–water partition coefficient (Wildman–Crippen LogP) is 7.33. The van der Waals surface area contributed by atoms with Crippen LogP contribution in [0.5, 0.6) is 0 Å². The second kappa shape index (κ2) is 6.62. The molecule has 4 bridgehead atoms. The zero-order valence-electron chi connectivity index (χ0n) is 16.9. The molecular weight excluding hydrogens is 288 g/mol. The molecule has 4 aliphatic rings. The van der Waals surface area contributed by atoms with Crippen molar-refractivity contribution in [1.29, 1.82) is 0 Å². The highest BCUT2D eigenvalue weighted by atomic mass is 14.5. The van der Waals surface area contributed by atoms with Crippen molar-refractivity contribution >= 4 is 0 Å². The van der Waals surface area contributed by atoms with Crippen molar-refractivity contribution in [2.45, 2.75) is 98.3 Å². The normalized spacial score (nSPS) is 45.1. The minimum atomic E-state index is 0.590. The highest BCUT2D eigenvalue weighted by Gasteiger charge is 2.50. The van der Waals surface area contributed by atoms with E-state index in [1.165, 1.54) is 19.3 Å². The van der Waals surface area contributed by atoms with Crippen molar-refractivity contribution in [2.75, 3.05) is 0 Å². The standard InChI is InChI=1S/C24H42/c1-16(2)23-19-11-12-21(23)20(13-19)14-24(3,4)15-22-17-7-5-8-18(22)10-6-9-17/h16-23H,5-15H2,1-4H3. The van der Waals surface area contributed by atoms with E-state index >= 15 is 0 Å². The topological polar surface area (TPSA) is 0 Å². The number of fused-ring (bicyclic) bond motifs is 4. The molecule has 0 heterocycles. The van der Waals surface area contributed by atoms with Gasteiger partial charge in [0.25, 0.3) is 0 Å². The van der Waals surface area contributed by atoms with Gasteiger partial charge >= 0.3 is 0 Å². The maximum Gasteiger partial charge on any atom is -0.0332 e. The second-order valence-corrected chi connectivity index (χ2v) is 11.4. The summed E-state index contributed by atoms with van der Waals surface area (Å²) in [5.41, 5.74) is 0.590. The molecule has 0 N–H and O–H groups in total. The van der Waals surface area contributed by atoms with Gasteiger partial charge in [-0.05, 0) is 84.9 Å². The van der Waals surface area contributed by atoms with Crippen LogP contribution in [-0.4, -0.2) is 0 Å². The molecule has 0 aliphatic heterocycles. The molecule has 0 nitrogen and oxygen atoms in total. The zero-order valence-corrected chi connectivity index (χ0v) is 16.9. The molecule has 0 heteroatoms. The van der Waals surface area contributed by atoms with Gasteiger partial charge in [0.1, 0.15) is 0 Å². The molecule has 4 rings (SSSR count). The van der Waals surface area contributed by atoms with Gasteiger partial charge in [0.05, 0.1) is 0 Å². The van der Waals surface area contributed by atoms with Crippen molar-refractivity contribution < 1.29 is 0 Å². The van der Waals surface area contributed by atoms with E-state index in [1.807, 2.05) is 0 Å². The van der Waals surface area contributed by atoms with Crippen LogP contribution in [0.3, 0.4) is 0 Å². The summed E-state index contributed by atoms with van der Waals surface area (Å²) in [5, 5.41) is 0. The molecular formula is C24H42. The molecule has 0 aromatic heterocycles. The summed E-state index contributed by atoms with van der Waals surface area (Å²) in [4.78, 5) is 0. The molecule has 0 amide bonds. The predicted molar refractivity (Wildman–Crippen MR) is 104 cm³/mol. The second-order valence-electron chi connectivity index (χ2n) is 11.4. The molecule has 0 radical (unpaired) electrons. The summed E-state index contributed by atoms with van der Waals surface area (Å²) in [6.07, 6.45) is 17.1. The molecule has 4 atom stereocenters. The third-order valence-corrected chi connectivity index (χ3v) is 9.00. The largest absolute Gasteiger partial charge is 0.0625 e. The Morgan fingerprint density at radius 3 is 1.96 bits per heavy atom. The maximum atomic E-state index is 2.63. The lowest BCUT2D eigenvalue weighted by molar-refractivity contribution is 0.0421. The molecule has 24 heavy (non-hydrogen) atoms. The summed E-state index contributed by atoms with van der Waals surface area (Å²) in [6.45, 7) is 10.3. The van der Waals surface area contributed by atoms with Crippen LogP contribution in [0.25, 0.3) is 0 Å². The van der Waals surface area contributed by atoms with Crippen molar-refractivity contribution in [3.05, 3.63) is 0 Å². The van der Waals surface area contributed by atoms with Gasteiger partial charge in [-0.25, -0.2) is 0 Å². The van der Waals surface area contributed by atoms with Gasteiger partial charge < -0.3 is 0 Å².